The van der Waals surface area contributed by atoms with E-state index in [1.807, 2.05) is 0 Å². The lowest BCUT2D eigenvalue weighted by atomic mass is 10.2. The molecule has 1 aromatic rings. The van der Waals surface area contributed by atoms with E-state index in [-0.39, 0.29) is 18.4 Å². The van der Waals surface area contributed by atoms with Gasteiger partial charge in [0.15, 0.2) is 11.5 Å². The van der Waals surface area contributed by atoms with Crippen LogP contribution in [-0.2, 0) is 4.79 Å². The van der Waals surface area contributed by atoms with Crippen LogP contribution in [0.2, 0.25) is 0 Å². The van der Waals surface area contributed by atoms with E-state index < -0.39 is 6.03 Å². The number of hydrogen-bond acceptors (Lipinski definition) is 4. The third kappa shape index (κ3) is 2.34. The Balaban J connectivity index is 1.79. The van der Waals surface area contributed by atoms with Crippen molar-refractivity contribution in [3.63, 3.8) is 0 Å². The summed E-state index contributed by atoms with van der Waals surface area (Å²) in [4.78, 5) is 24.4. The lowest BCUT2D eigenvalue weighted by Gasteiger charge is -2.22. The van der Waals surface area contributed by atoms with Gasteiger partial charge in [-0.1, -0.05) is 0 Å². The van der Waals surface area contributed by atoms with E-state index in [1.165, 1.54) is 0 Å². The van der Waals surface area contributed by atoms with Crippen molar-refractivity contribution in [1.82, 2.24) is 5.32 Å². The first kappa shape index (κ1) is 12.6. The first-order valence-corrected chi connectivity index (χ1v) is 6.39. The van der Waals surface area contributed by atoms with Crippen molar-refractivity contribution in [2.75, 3.05) is 24.7 Å². The molecule has 0 aliphatic carbocycles. The zero-order valence-corrected chi connectivity index (χ0v) is 10.8. The van der Waals surface area contributed by atoms with E-state index in [0.717, 1.165) is 5.69 Å². The number of nitrogens with zero attached hydrogens (tertiary/aromatic N) is 1. The number of benzene rings is 1. The summed E-state index contributed by atoms with van der Waals surface area (Å²) >= 11 is 0. The van der Waals surface area contributed by atoms with Crippen molar-refractivity contribution >= 4 is 17.6 Å². The van der Waals surface area contributed by atoms with Crippen LogP contribution in [0.1, 0.15) is 6.42 Å². The largest absolute Gasteiger partial charge is 0.486 e. The van der Waals surface area contributed by atoms with Crippen molar-refractivity contribution in [2.45, 2.75) is 12.5 Å². The van der Waals surface area contributed by atoms with E-state index in [0.29, 0.717) is 31.3 Å². The maximum absolute atomic E-state index is 12.0. The Hall–Kier alpha value is -2.44. The van der Waals surface area contributed by atoms with Crippen molar-refractivity contribution in [2.24, 2.45) is 5.73 Å². The highest BCUT2D eigenvalue weighted by molar-refractivity contribution is 5.97. The molecule has 0 radical (unpaired) electrons. The summed E-state index contributed by atoms with van der Waals surface area (Å²) in [5.74, 6) is 1.26. The molecule has 3 rings (SSSR count). The van der Waals surface area contributed by atoms with Gasteiger partial charge in [-0.2, -0.15) is 0 Å². The van der Waals surface area contributed by atoms with Gasteiger partial charge in [-0.05, 0) is 12.1 Å². The van der Waals surface area contributed by atoms with Gasteiger partial charge in [0.2, 0.25) is 5.91 Å². The average molecular weight is 277 g/mol. The number of primary amides is 1. The van der Waals surface area contributed by atoms with Crippen LogP contribution in [-0.4, -0.2) is 37.7 Å². The van der Waals surface area contributed by atoms with Crippen molar-refractivity contribution in [3.05, 3.63) is 18.2 Å². The highest BCUT2D eigenvalue weighted by Gasteiger charge is 2.31. The topological polar surface area (TPSA) is 93.9 Å². The Morgan fingerprint density at radius 3 is 2.80 bits per heavy atom. The summed E-state index contributed by atoms with van der Waals surface area (Å²) < 4.78 is 10.9. The number of amides is 3. The summed E-state index contributed by atoms with van der Waals surface area (Å²) in [7, 11) is 0. The summed E-state index contributed by atoms with van der Waals surface area (Å²) in [5.41, 5.74) is 5.81. The fraction of sp³-hybridized carbons (Fsp3) is 0.385. The number of urea groups is 1. The predicted molar refractivity (Wildman–Crippen MR) is 70.9 cm³/mol. The molecule has 0 aromatic heterocycles. The molecule has 1 atom stereocenters. The van der Waals surface area contributed by atoms with Gasteiger partial charge in [-0.3, -0.25) is 4.79 Å². The van der Waals surface area contributed by atoms with Gasteiger partial charge in [0, 0.05) is 24.7 Å². The fourth-order valence-electron chi connectivity index (χ4n) is 2.45. The molecule has 2 heterocycles. The molecule has 3 amide bonds. The van der Waals surface area contributed by atoms with Crippen LogP contribution in [0, 0.1) is 0 Å². The Kier molecular flexibility index (Phi) is 3.09. The summed E-state index contributed by atoms with van der Waals surface area (Å²) in [5, 5.41) is 2.55. The highest BCUT2D eigenvalue weighted by Crippen LogP contribution is 2.35. The molecule has 106 valence electrons. The van der Waals surface area contributed by atoms with E-state index in [2.05, 4.69) is 5.32 Å². The molecule has 7 nitrogen and oxygen atoms in total. The van der Waals surface area contributed by atoms with Gasteiger partial charge in [0.1, 0.15) is 13.2 Å². The molecule has 20 heavy (non-hydrogen) atoms. The van der Waals surface area contributed by atoms with Gasteiger partial charge < -0.3 is 25.4 Å². The summed E-state index contributed by atoms with van der Waals surface area (Å²) in [6.07, 6.45) is 0.247. The Morgan fingerprint density at radius 2 is 2.05 bits per heavy atom. The van der Waals surface area contributed by atoms with Crippen molar-refractivity contribution < 1.29 is 19.1 Å². The van der Waals surface area contributed by atoms with Gasteiger partial charge in [0.25, 0.3) is 0 Å². The average Bonchev–Trinajstić information content (AvgIpc) is 2.78. The molecule has 2 aliphatic heterocycles. The molecule has 1 saturated heterocycles. The number of ether oxygens (including phenoxy) is 2. The number of rotatable bonds is 2. The predicted octanol–water partition coefficient (Wildman–Crippen LogP) is 0.231. The number of anilines is 1. The van der Waals surface area contributed by atoms with Gasteiger partial charge in [0.05, 0.1) is 6.04 Å². The Bertz CT molecular complexity index is 561. The standard InChI is InChI=1S/C13H15N3O4/c14-13(18)15-8-5-12(17)16(7-8)9-1-2-10-11(6-9)20-4-3-19-10/h1-2,6,8H,3-5,7H2,(H3,14,15,18)/t8-/m0/s1. The van der Waals surface area contributed by atoms with Crippen LogP contribution in [0.3, 0.4) is 0 Å². The molecule has 0 spiro atoms. The lowest BCUT2D eigenvalue weighted by Crippen LogP contribution is -2.40. The van der Waals surface area contributed by atoms with Gasteiger partial charge in [-0.25, -0.2) is 4.79 Å². The van der Waals surface area contributed by atoms with Gasteiger partial charge >= 0.3 is 6.03 Å². The number of carbonyl (C=O) groups excluding carboxylic acids is 2. The molecule has 7 heteroatoms. The van der Waals surface area contributed by atoms with Gasteiger partial charge in [-0.15, -0.1) is 0 Å². The van der Waals surface area contributed by atoms with Crippen molar-refractivity contribution in [1.29, 1.82) is 0 Å². The van der Waals surface area contributed by atoms with Crippen LogP contribution in [0.15, 0.2) is 18.2 Å². The Morgan fingerprint density at radius 1 is 1.30 bits per heavy atom. The third-order valence-electron chi connectivity index (χ3n) is 3.31. The van der Waals surface area contributed by atoms with E-state index in [1.54, 1.807) is 23.1 Å². The quantitative estimate of drug-likeness (QED) is 0.809. The maximum atomic E-state index is 12.0. The molecular weight excluding hydrogens is 262 g/mol. The zero-order chi connectivity index (χ0) is 14.1. The molecule has 0 saturated carbocycles. The minimum atomic E-state index is -0.619. The van der Waals surface area contributed by atoms with E-state index in [4.69, 9.17) is 15.2 Å². The SMILES string of the molecule is NC(=O)N[C@H]1CC(=O)N(c2ccc3c(c2)OCCO3)C1. The lowest BCUT2D eigenvalue weighted by molar-refractivity contribution is -0.117. The molecular formula is C13H15N3O4. The highest BCUT2D eigenvalue weighted by atomic mass is 16.6. The minimum absolute atomic E-state index is 0.0552. The number of carbonyl (C=O) groups is 2. The second kappa shape index (κ2) is 4.92. The fourth-order valence-corrected chi connectivity index (χ4v) is 2.45. The smallest absolute Gasteiger partial charge is 0.312 e. The van der Waals surface area contributed by atoms with Crippen LogP contribution in [0.5, 0.6) is 11.5 Å². The minimum Gasteiger partial charge on any atom is -0.486 e. The maximum Gasteiger partial charge on any atom is 0.312 e. The number of nitrogens with two attached hydrogens (primary N) is 1. The number of nitrogens with one attached hydrogen (secondary N) is 1. The summed E-state index contributed by atoms with van der Waals surface area (Å²) in [6.45, 7) is 1.43. The Labute approximate surface area is 115 Å². The number of fused-ring (bicyclic) bond motifs is 1. The number of hydrogen-bond donors (Lipinski definition) is 2. The molecule has 0 unspecified atom stereocenters. The monoisotopic (exact) mass is 277 g/mol. The second-order valence-electron chi connectivity index (χ2n) is 4.74. The molecule has 1 aromatic carbocycles. The van der Waals surface area contributed by atoms with Crippen LogP contribution in [0.25, 0.3) is 0 Å². The first-order chi connectivity index (χ1) is 9.63. The van der Waals surface area contributed by atoms with E-state index >= 15 is 0 Å². The molecule has 1 fully saturated rings. The van der Waals surface area contributed by atoms with Crippen molar-refractivity contribution in [3.8, 4) is 11.5 Å². The first-order valence-electron chi connectivity index (χ1n) is 6.39. The normalized spacial score (nSPS) is 20.9. The van der Waals surface area contributed by atoms with Crippen LogP contribution in [0.4, 0.5) is 10.5 Å². The summed E-state index contributed by atoms with van der Waals surface area (Å²) in [6, 6.07) is 4.49. The van der Waals surface area contributed by atoms with E-state index in [9.17, 15) is 9.59 Å². The molecule has 0 bridgehead atoms. The van der Waals surface area contributed by atoms with Crippen LogP contribution < -0.4 is 25.4 Å². The zero-order valence-electron chi connectivity index (χ0n) is 10.8. The molecule has 2 aliphatic rings. The molecule has 3 N–H and O–H groups in total. The second-order valence-corrected chi connectivity index (χ2v) is 4.74. The van der Waals surface area contributed by atoms with Crippen LogP contribution >= 0.6 is 0 Å². The third-order valence-corrected chi connectivity index (χ3v) is 3.31.